The molecule has 0 saturated carbocycles. The van der Waals surface area contributed by atoms with Crippen molar-refractivity contribution in [3.63, 3.8) is 0 Å². The largest absolute Gasteiger partial charge is 0.338 e. The molecule has 124 valence electrons. The third-order valence-corrected chi connectivity index (χ3v) is 4.71. The molecule has 0 spiro atoms. The number of fused-ring (bicyclic) bond motifs is 1. The Bertz CT molecular complexity index is 1030. The minimum Gasteiger partial charge on any atom is -0.338 e. The van der Waals surface area contributed by atoms with Crippen molar-refractivity contribution in [3.8, 4) is 11.4 Å². The maximum Gasteiger partial charge on any atom is 0.237 e. The van der Waals surface area contributed by atoms with Crippen molar-refractivity contribution in [2.45, 2.75) is 17.7 Å². The van der Waals surface area contributed by atoms with Gasteiger partial charge < -0.3 is 4.52 Å². The number of pyridine rings is 1. The fraction of sp³-hybridized carbons (Fsp3) is 0.105. The molecule has 0 N–H and O–H groups in total. The van der Waals surface area contributed by atoms with Crippen molar-refractivity contribution >= 4 is 22.7 Å². The number of nitrogens with zero attached hydrogens (tertiary/aromatic N) is 3. The van der Waals surface area contributed by atoms with Gasteiger partial charge in [-0.3, -0.25) is 0 Å². The van der Waals surface area contributed by atoms with E-state index in [-0.39, 0.29) is 5.82 Å². The second kappa shape index (κ2) is 6.64. The van der Waals surface area contributed by atoms with E-state index in [0.29, 0.717) is 17.5 Å². The van der Waals surface area contributed by atoms with Gasteiger partial charge in [0, 0.05) is 10.9 Å². The summed E-state index contributed by atoms with van der Waals surface area (Å²) in [6, 6.07) is 16.1. The highest BCUT2D eigenvalue weighted by Gasteiger charge is 2.10. The second-order valence-electron chi connectivity index (χ2n) is 5.60. The molecule has 0 atom stereocenters. The van der Waals surface area contributed by atoms with E-state index in [1.54, 1.807) is 23.9 Å². The van der Waals surface area contributed by atoms with Crippen molar-refractivity contribution < 1.29 is 8.91 Å². The van der Waals surface area contributed by atoms with E-state index in [1.165, 1.54) is 17.7 Å². The van der Waals surface area contributed by atoms with Crippen molar-refractivity contribution in [3.05, 3.63) is 71.9 Å². The lowest BCUT2D eigenvalue weighted by Crippen LogP contribution is -1.88. The molecule has 2 heterocycles. The molecule has 0 unspecified atom stereocenters. The van der Waals surface area contributed by atoms with Crippen molar-refractivity contribution in [1.29, 1.82) is 0 Å². The van der Waals surface area contributed by atoms with Gasteiger partial charge in [-0.2, -0.15) is 4.98 Å². The third kappa shape index (κ3) is 3.39. The summed E-state index contributed by atoms with van der Waals surface area (Å²) in [5, 5.41) is 6.02. The number of rotatable bonds is 4. The number of thioether (sulfide) groups is 1. The van der Waals surface area contributed by atoms with Crippen LogP contribution in [0.3, 0.4) is 0 Å². The predicted octanol–water partition coefficient (Wildman–Crippen LogP) is 5.02. The molecule has 25 heavy (non-hydrogen) atoms. The molecule has 0 radical (unpaired) electrons. The average molecular weight is 351 g/mol. The van der Waals surface area contributed by atoms with E-state index in [2.05, 4.69) is 34.2 Å². The maximum absolute atomic E-state index is 13.0. The number of hydrogen-bond acceptors (Lipinski definition) is 5. The molecule has 0 aliphatic rings. The van der Waals surface area contributed by atoms with Gasteiger partial charge in [0.25, 0.3) is 0 Å². The smallest absolute Gasteiger partial charge is 0.237 e. The van der Waals surface area contributed by atoms with Gasteiger partial charge in [0.2, 0.25) is 11.7 Å². The van der Waals surface area contributed by atoms with Crippen LogP contribution >= 0.6 is 11.8 Å². The number of aromatic nitrogens is 3. The Balaban J connectivity index is 1.51. The molecule has 0 amide bonds. The highest BCUT2D eigenvalue weighted by Crippen LogP contribution is 2.26. The molecule has 0 aliphatic carbocycles. The summed E-state index contributed by atoms with van der Waals surface area (Å²) in [4.78, 5) is 9.02. The summed E-state index contributed by atoms with van der Waals surface area (Å²) in [6.45, 7) is 2.08. The van der Waals surface area contributed by atoms with Crippen molar-refractivity contribution in [2.24, 2.45) is 0 Å². The van der Waals surface area contributed by atoms with Gasteiger partial charge >= 0.3 is 0 Å². The van der Waals surface area contributed by atoms with Crippen LogP contribution in [-0.4, -0.2) is 15.1 Å². The van der Waals surface area contributed by atoms with Crippen LogP contribution in [0.4, 0.5) is 4.39 Å². The number of para-hydroxylation sites is 1. The fourth-order valence-corrected chi connectivity index (χ4v) is 3.37. The van der Waals surface area contributed by atoms with Gasteiger partial charge in [-0.15, -0.1) is 0 Å². The summed E-state index contributed by atoms with van der Waals surface area (Å²) < 4.78 is 18.3. The molecule has 0 fully saturated rings. The summed E-state index contributed by atoms with van der Waals surface area (Å²) in [6.07, 6.45) is 0. The lowest BCUT2D eigenvalue weighted by Gasteiger charge is -2.04. The monoisotopic (exact) mass is 351 g/mol. The van der Waals surface area contributed by atoms with E-state index in [4.69, 9.17) is 4.52 Å². The number of hydrogen-bond donors (Lipinski definition) is 0. The van der Waals surface area contributed by atoms with Crippen LogP contribution in [0.15, 0.2) is 64.1 Å². The quantitative estimate of drug-likeness (QED) is 0.483. The molecule has 4 rings (SSSR count). The first-order valence-electron chi connectivity index (χ1n) is 7.77. The van der Waals surface area contributed by atoms with E-state index in [9.17, 15) is 4.39 Å². The van der Waals surface area contributed by atoms with Crippen LogP contribution in [-0.2, 0) is 5.75 Å². The molecule has 6 heteroatoms. The molecule has 4 nitrogen and oxygen atoms in total. The van der Waals surface area contributed by atoms with Crippen molar-refractivity contribution in [2.75, 3.05) is 0 Å². The summed E-state index contributed by atoms with van der Waals surface area (Å²) >= 11 is 1.55. The van der Waals surface area contributed by atoms with Gasteiger partial charge in [0.15, 0.2) is 0 Å². The lowest BCUT2D eigenvalue weighted by molar-refractivity contribution is 0.391. The Labute approximate surface area is 148 Å². The molecule has 4 aromatic rings. The molecule has 0 saturated heterocycles. The lowest BCUT2D eigenvalue weighted by atomic mass is 10.1. The molecule has 2 aromatic heterocycles. The predicted molar refractivity (Wildman–Crippen MR) is 95.7 cm³/mol. The van der Waals surface area contributed by atoms with E-state index < -0.39 is 0 Å². The van der Waals surface area contributed by atoms with E-state index in [1.807, 2.05) is 18.2 Å². The topological polar surface area (TPSA) is 51.8 Å². The molecule has 2 aromatic carbocycles. The van der Waals surface area contributed by atoms with Crippen molar-refractivity contribution in [1.82, 2.24) is 15.1 Å². The van der Waals surface area contributed by atoms with Gasteiger partial charge in [-0.05, 0) is 48.9 Å². The van der Waals surface area contributed by atoms with Gasteiger partial charge in [-0.25, -0.2) is 9.37 Å². The fourth-order valence-electron chi connectivity index (χ4n) is 2.56. The Morgan fingerprint density at radius 2 is 1.84 bits per heavy atom. The van der Waals surface area contributed by atoms with Crippen LogP contribution < -0.4 is 0 Å². The van der Waals surface area contributed by atoms with Crippen LogP contribution in [0.5, 0.6) is 0 Å². The first-order valence-corrected chi connectivity index (χ1v) is 8.75. The SMILES string of the molecule is Cc1cc(SCc2nc(-c3ccc(F)cc3)no2)nc2ccccc12. The summed E-state index contributed by atoms with van der Waals surface area (Å²) in [7, 11) is 0. The van der Waals surface area contributed by atoms with Crippen LogP contribution in [0.2, 0.25) is 0 Å². The third-order valence-electron chi connectivity index (χ3n) is 3.81. The number of benzene rings is 2. The minimum atomic E-state index is -0.291. The molecule has 0 bridgehead atoms. The Hall–Kier alpha value is -2.73. The summed E-state index contributed by atoms with van der Waals surface area (Å²) in [5.41, 5.74) is 2.88. The highest BCUT2D eigenvalue weighted by molar-refractivity contribution is 7.98. The van der Waals surface area contributed by atoms with E-state index >= 15 is 0 Å². The zero-order valence-electron chi connectivity index (χ0n) is 13.4. The van der Waals surface area contributed by atoms with E-state index in [0.717, 1.165) is 21.5 Å². The zero-order valence-corrected chi connectivity index (χ0v) is 14.3. The zero-order chi connectivity index (χ0) is 17.2. The molecule has 0 aliphatic heterocycles. The van der Waals surface area contributed by atoms with Crippen LogP contribution in [0.1, 0.15) is 11.5 Å². The Morgan fingerprint density at radius 1 is 1.04 bits per heavy atom. The minimum absolute atomic E-state index is 0.291. The highest BCUT2D eigenvalue weighted by atomic mass is 32.2. The standard InChI is InChI=1S/C19H14FN3OS/c1-12-10-18(21-16-5-3-2-4-15(12)16)25-11-17-22-19(23-24-17)13-6-8-14(20)9-7-13/h2-10H,11H2,1H3. The Morgan fingerprint density at radius 3 is 2.68 bits per heavy atom. The van der Waals surface area contributed by atoms with Crippen LogP contribution in [0, 0.1) is 12.7 Å². The number of halogens is 1. The molecular formula is C19H14FN3OS. The molecular weight excluding hydrogens is 337 g/mol. The summed E-state index contributed by atoms with van der Waals surface area (Å²) in [5.74, 6) is 1.20. The normalized spacial score (nSPS) is 11.1. The van der Waals surface area contributed by atoms with Crippen LogP contribution in [0.25, 0.3) is 22.3 Å². The van der Waals surface area contributed by atoms with Gasteiger partial charge in [0.05, 0.1) is 16.3 Å². The maximum atomic E-state index is 13.0. The second-order valence-corrected chi connectivity index (χ2v) is 6.60. The van der Waals surface area contributed by atoms with Gasteiger partial charge in [0.1, 0.15) is 5.82 Å². The first kappa shape index (κ1) is 15.8. The number of aryl methyl sites for hydroxylation is 1. The Kier molecular flexibility index (Phi) is 4.19. The first-order chi connectivity index (χ1) is 12.2. The van der Waals surface area contributed by atoms with Gasteiger partial charge in [-0.1, -0.05) is 35.1 Å². The average Bonchev–Trinajstić information content (AvgIpc) is 3.10.